The number of ether oxygens (including phenoxy) is 1. The van der Waals surface area contributed by atoms with Crippen molar-refractivity contribution < 1.29 is 4.74 Å². The van der Waals surface area contributed by atoms with Gasteiger partial charge in [0, 0.05) is 6.54 Å². The van der Waals surface area contributed by atoms with E-state index in [1.54, 1.807) is 0 Å². The van der Waals surface area contributed by atoms with E-state index < -0.39 is 0 Å². The molecule has 2 N–H and O–H groups in total. The van der Waals surface area contributed by atoms with Gasteiger partial charge in [0.2, 0.25) is 0 Å². The second-order valence-electron chi connectivity index (χ2n) is 5.39. The van der Waals surface area contributed by atoms with Crippen LogP contribution in [0, 0.1) is 0 Å². The lowest BCUT2D eigenvalue weighted by atomic mass is 9.92. The minimum absolute atomic E-state index is 0.0714. The van der Waals surface area contributed by atoms with E-state index in [9.17, 15) is 0 Å². The van der Waals surface area contributed by atoms with Crippen LogP contribution < -0.4 is 10.5 Å². The third kappa shape index (κ3) is 2.86. The monoisotopic (exact) mass is 267 g/mol. The molecular weight excluding hydrogens is 246 g/mol. The average molecular weight is 267 g/mol. The first-order chi connectivity index (χ1) is 9.86. The molecule has 2 aromatic rings. The standard InChI is InChI=1S/C18H21NO/c19-13-18(15-7-2-1-3-8-15)20-17-11-10-14-6-4-5-9-16(14)12-17/h1-3,7-8,10-12,18H,4-6,9,13,19H2. The van der Waals surface area contributed by atoms with Crippen LogP contribution in [-0.4, -0.2) is 6.54 Å². The molecule has 1 atom stereocenters. The smallest absolute Gasteiger partial charge is 0.136 e. The van der Waals surface area contributed by atoms with Crippen molar-refractivity contribution in [3.05, 3.63) is 65.2 Å². The zero-order valence-corrected chi connectivity index (χ0v) is 11.7. The molecule has 2 nitrogen and oxygen atoms in total. The maximum absolute atomic E-state index is 6.09. The largest absolute Gasteiger partial charge is 0.484 e. The van der Waals surface area contributed by atoms with Crippen molar-refractivity contribution >= 4 is 0 Å². The van der Waals surface area contributed by atoms with Gasteiger partial charge in [-0.25, -0.2) is 0 Å². The zero-order valence-electron chi connectivity index (χ0n) is 11.7. The van der Waals surface area contributed by atoms with Crippen LogP contribution >= 0.6 is 0 Å². The average Bonchev–Trinajstić information content (AvgIpc) is 2.53. The molecule has 2 heteroatoms. The third-order valence-corrected chi connectivity index (χ3v) is 3.98. The molecular formula is C18H21NO. The van der Waals surface area contributed by atoms with E-state index in [4.69, 9.17) is 10.5 Å². The Bertz CT molecular complexity index is 565. The maximum atomic E-state index is 6.09. The van der Waals surface area contributed by atoms with Gasteiger partial charge in [-0.1, -0.05) is 36.4 Å². The van der Waals surface area contributed by atoms with Crippen molar-refractivity contribution in [1.29, 1.82) is 0 Å². The van der Waals surface area contributed by atoms with Crippen LogP contribution in [0.4, 0.5) is 0 Å². The molecule has 0 aliphatic heterocycles. The van der Waals surface area contributed by atoms with Gasteiger partial charge in [-0.3, -0.25) is 0 Å². The van der Waals surface area contributed by atoms with Gasteiger partial charge in [0.1, 0.15) is 11.9 Å². The molecule has 0 radical (unpaired) electrons. The SMILES string of the molecule is NCC(Oc1ccc2c(c1)CCCC2)c1ccccc1. The summed E-state index contributed by atoms with van der Waals surface area (Å²) in [4.78, 5) is 0. The Hall–Kier alpha value is -1.80. The molecule has 1 unspecified atom stereocenters. The summed E-state index contributed by atoms with van der Waals surface area (Å²) in [6, 6.07) is 16.7. The number of aryl methyl sites for hydroxylation is 2. The highest BCUT2D eigenvalue weighted by atomic mass is 16.5. The fraction of sp³-hybridized carbons (Fsp3) is 0.333. The molecule has 1 aliphatic carbocycles. The summed E-state index contributed by atoms with van der Waals surface area (Å²) < 4.78 is 6.09. The second-order valence-corrected chi connectivity index (χ2v) is 5.39. The van der Waals surface area contributed by atoms with Crippen LogP contribution in [0.15, 0.2) is 48.5 Å². The molecule has 0 aromatic heterocycles. The Morgan fingerprint density at radius 3 is 2.45 bits per heavy atom. The lowest BCUT2D eigenvalue weighted by molar-refractivity contribution is 0.214. The summed E-state index contributed by atoms with van der Waals surface area (Å²) in [6.07, 6.45) is 4.90. The van der Waals surface area contributed by atoms with Crippen molar-refractivity contribution in [1.82, 2.24) is 0 Å². The van der Waals surface area contributed by atoms with Crippen molar-refractivity contribution in [3.8, 4) is 5.75 Å². The molecule has 0 saturated carbocycles. The third-order valence-electron chi connectivity index (χ3n) is 3.98. The van der Waals surface area contributed by atoms with Crippen molar-refractivity contribution in [2.75, 3.05) is 6.54 Å². The van der Waals surface area contributed by atoms with Gasteiger partial charge in [0.25, 0.3) is 0 Å². The highest BCUT2D eigenvalue weighted by Gasteiger charge is 2.14. The van der Waals surface area contributed by atoms with E-state index in [-0.39, 0.29) is 6.10 Å². The van der Waals surface area contributed by atoms with E-state index in [2.05, 4.69) is 30.3 Å². The van der Waals surface area contributed by atoms with Crippen LogP contribution in [0.3, 0.4) is 0 Å². The Labute approximate surface area is 120 Å². The van der Waals surface area contributed by atoms with Crippen molar-refractivity contribution in [2.24, 2.45) is 5.73 Å². The Morgan fingerprint density at radius 1 is 0.950 bits per heavy atom. The van der Waals surface area contributed by atoms with Crippen LogP contribution in [0.1, 0.15) is 35.6 Å². The van der Waals surface area contributed by atoms with Gasteiger partial charge in [-0.15, -0.1) is 0 Å². The van der Waals surface area contributed by atoms with Gasteiger partial charge < -0.3 is 10.5 Å². The molecule has 3 rings (SSSR count). The lowest BCUT2D eigenvalue weighted by Crippen LogP contribution is -2.18. The van der Waals surface area contributed by atoms with E-state index >= 15 is 0 Å². The summed E-state index contributed by atoms with van der Waals surface area (Å²) in [5.41, 5.74) is 9.92. The highest BCUT2D eigenvalue weighted by molar-refractivity contribution is 5.37. The summed E-state index contributed by atoms with van der Waals surface area (Å²) in [7, 11) is 0. The van der Waals surface area contributed by atoms with Crippen molar-refractivity contribution in [3.63, 3.8) is 0 Å². The van der Waals surface area contributed by atoms with Crippen LogP contribution in [0.5, 0.6) is 5.75 Å². The quantitative estimate of drug-likeness (QED) is 0.917. The normalized spacial score (nSPS) is 15.4. The lowest BCUT2D eigenvalue weighted by Gasteiger charge is -2.21. The first-order valence-electron chi connectivity index (χ1n) is 7.40. The zero-order chi connectivity index (χ0) is 13.8. The van der Waals surface area contributed by atoms with Gasteiger partial charge in [-0.2, -0.15) is 0 Å². The number of hydrogen-bond donors (Lipinski definition) is 1. The molecule has 2 aromatic carbocycles. The Morgan fingerprint density at radius 2 is 1.70 bits per heavy atom. The van der Waals surface area contributed by atoms with Crippen LogP contribution in [0.2, 0.25) is 0 Å². The summed E-state index contributed by atoms with van der Waals surface area (Å²) in [6.45, 7) is 0.487. The number of benzene rings is 2. The second kappa shape index (κ2) is 6.10. The molecule has 0 saturated heterocycles. The van der Waals surface area contributed by atoms with Gasteiger partial charge >= 0.3 is 0 Å². The minimum atomic E-state index is -0.0714. The minimum Gasteiger partial charge on any atom is -0.484 e. The van der Waals surface area contributed by atoms with Gasteiger partial charge in [0.05, 0.1) is 0 Å². The number of fused-ring (bicyclic) bond motifs is 1. The maximum Gasteiger partial charge on any atom is 0.136 e. The molecule has 104 valence electrons. The Kier molecular flexibility index (Phi) is 4.03. The number of nitrogens with two attached hydrogens (primary N) is 1. The molecule has 0 fully saturated rings. The predicted octanol–water partition coefficient (Wildman–Crippen LogP) is 3.64. The first-order valence-corrected chi connectivity index (χ1v) is 7.40. The van der Waals surface area contributed by atoms with E-state index in [0.29, 0.717) is 6.54 Å². The molecule has 0 spiro atoms. The highest BCUT2D eigenvalue weighted by Crippen LogP contribution is 2.28. The molecule has 0 heterocycles. The van der Waals surface area contributed by atoms with Gasteiger partial charge in [0.15, 0.2) is 0 Å². The summed E-state index contributed by atoms with van der Waals surface area (Å²) in [5, 5.41) is 0. The van der Waals surface area contributed by atoms with Crippen LogP contribution in [0.25, 0.3) is 0 Å². The fourth-order valence-electron chi connectivity index (χ4n) is 2.87. The Balaban J connectivity index is 1.79. The fourth-order valence-corrected chi connectivity index (χ4v) is 2.87. The molecule has 1 aliphatic rings. The molecule has 0 bridgehead atoms. The van der Waals surface area contributed by atoms with E-state index in [0.717, 1.165) is 11.3 Å². The van der Waals surface area contributed by atoms with Gasteiger partial charge in [-0.05, 0) is 54.5 Å². The first kappa shape index (κ1) is 13.2. The number of hydrogen-bond acceptors (Lipinski definition) is 2. The van der Waals surface area contributed by atoms with Crippen molar-refractivity contribution in [2.45, 2.75) is 31.8 Å². The topological polar surface area (TPSA) is 35.2 Å². The molecule has 20 heavy (non-hydrogen) atoms. The van der Waals surface area contributed by atoms with E-state index in [1.807, 2.05) is 18.2 Å². The summed E-state index contributed by atoms with van der Waals surface area (Å²) >= 11 is 0. The van der Waals surface area contributed by atoms with Crippen LogP contribution in [-0.2, 0) is 12.8 Å². The van der Waals surface area contributed by atoms with E-state index in [1.165, 1.54) is 36.8 Å². The predicted molar refractivity (Wildman–Crippen MR) is 81.9 cm³/mol. The number of rotatable bonds is 4. The molecule has 0 amide bonds. The summed E-state index contributed by atoms with van der Waals surface area (Å²) in [5.74, 6) is 0.935.